The summed E-state index contributed by atoms with van der Waals surface area (Å²) in [5, 5.41) is 10.4. The van der Waals surface area contributed by atoms with Crippen LogP contribution in [0.2, 0.25) is 0 Å². The zero-order valence-electron chi connectivity index (χ0n) is 10.9. The van der Waals surface area contributed by atoms with Crippen molar-refractivity contribution < 1.29 is 9.52 Å². The summed E-state index contributed by atoms with van der Waals surface area (Å²) in [4.78, 5) is 12.5. The van der Waals surface area contributed by atoms with Crippen LogP contribution in [-0.4, -0.2) is 10.9 Å². The fourth-order valence-corrected chi connectivity index (χ4v) is 3.78. The summed E-state index contributed by atoms with van der Waals surface area (Å²) in [6.07, 6.45) is 3.10. The van der Waals surface area contributed by atoms with Crippen LogP contribution in [0.3, 0.4) is 0 Å². The average molecular weight is 286 g/mol. The van der Waals surface area contributed by atoms with Gasteiger partial charge in [-0.2, -0.15) is 0 Å². The van der Waals surface area contributed by atoms with E-state index in [-0.39, 0.29) is 5.75 Å². The van der Waals surface area contributed by atoms with E-state index in [1.807, 2.05) is 24.3 Å². The van der Waals surface area contributed by atoms with Crippen LogP contribution in [0.15, 0.2) is 38.4 Å². The molecule has 0 atom stereocenters. The number of hydrogen-bond acceptors (Lipinski definition) is 4. The minimum absolute atomic E-state index is 0.123. The van der Waals surface area contributed by atoms with E-state index < -0.39 is 5.63 Å². The molecule has 0 radical (unpaired) electrons. The van der Waals surface area contributed by atoms with Gasteiger partial charge in [0, 0.05) is 23.3 Å². The molecule has 1 aromatic carbocycles. The molecule has 2 aliphatic carbocycles. The SMILES string of the molecule is O=c1oc2c(c(O)c1SCC1CC1)Cc1ccccc1-2. The first-order valence-corrected chi connectivity index (χ1v) is 7.82. The van der Waals surface area contributed by atoms with Crippen molar-refractivity contribution >= 4 is 11.8 Å². The predicted octanol–water partition coefficient (Wildman–Crippen LogP) is 3.42. The van der Waals surface area contributed by atoms with Gasteiger partial charge in [0.1, 0.15) is 16.4 Å². The van der Waals surface area contributed by atoms with Crippen molar-refractivity contribution in [1.29, 1.82) is 0 Å². The molecule has 0 saturated heterocycles. The van der Waals surface area contributed by atoms with Crippen molar-refractivity contribution in [3.8, 4) is 17.1 Å². The topological polar surface area (TPSA) is 50.4 Å². The van der Waals surface area contributed by atoms with Crippen molar-refractivity contribution in [3.05, 3.63) is 45.8 Å². The maximum atomic E-state index is 12.1. The molecule has 4 heteroatoms. The normalized spacial score (nSPS) is 16.0. The third-order valence-corrected chi connectivity index (χ3v) is 5.23. The van der Waals surface area contributed by atoms with Gasteiger partial charge >= 0.3 is 5.63 Å². The van der Waals surface area contributed by atoms with Gasteiger partial charge in [0.2, 0.25) is 0 Å². The number of benzene rings is 1. The minimum atomic E-state index is -0.413. The molecule has 2 aliphatic rings. The summed E-state index contributed by atoms with van der Waals surface area (Å²) in [6, 6.07) is 7.82. The molecule has 1 aromatic heterocycles. The average Bonchev–Trinajstić information content (AvgIpc) is 3.20. The van der Waals surface area contributed by atoms with Gasteiger partial charge in [0.15, 0.2) is 0 Å². The third-order valence-electron chi connectivity index (χ3n) is 3.94. The van der Waals surface area contributed by atoms with E-state index in [1.54, 1.807) is 0 Å². The first-order valence-electron chi connectivity index (χ1n) is 6.84. The molecule has 20 heavy (non-hydrogen) atoms. The largest absolute Gasteiger partial charge is 0.506 e. The van der Waals surface area contributed by atoms with Crippen LogP contribution in [-0.2, 0) is 6.42 Å². The molecule has 102 valence electrons. The van der Waals surface area contributed by atoms with E-state index >= 15 is 0 Å². The Morgan fingerprint density at radius 2 is 2.10 bits per heavy atom. The fourth-order valence-electron chi connectivity index (χ4n) is 2.62. The first-order chi connectivity index (χ1) is 9.74. The Morgan fingerprint density at radius 1 is 1.30 bits per heavy atom. The lowest BCUT2D eigenvalue weighted by Gasteiger charge is -2.06. The highest BCUT2D eigenvalue weighted by atomic mass is 32.2. The Balaban J connectivity index is 1.79. The van der Waals surface area contributed by atoms with E-state index in [0.29, 0.717) is 23.0 Å². The summed E-state index contributed by atoms with van der Waals surface area (Å²) in [5.41, 5.74) is 2.37. The van der Waals surface area contributed by atoms with Gasteiger partial charge in [-0.1, -0.05) is 24.3 Å². The Hall–Kier alpha value is -1.68. The lowest BCUT2D eigenvalue weighted by molar-refractivity contribution is 0.424. The van der Waals surface area contributed by atoms with Crippen LogP contribution in [0, 0.1) is 5.92 Å². The maximum Gasteiger partial charge on any atom is 0.353 e. The van der Waals surface area contributed by atoms with Gasteiger partial charge in [-0.3, -0.25) is 0 Å². The van der Waals surface area contributed by atoms with Gasteiger partial charge in [-0.15, -0.1) is 11.8 Å². The summed E-state index contributed by atoms with van der Waals surface area (Å²) in [7, 11) is 0. The molecule has 0 unspecified atom stereocenters. The lowest BCUT2D eigenvalue weighted by Crippen LogP contribution is -2.05. The lowest BCUT2D eigenvalue weighted by atomic mass is 10.1. The second-order valence-electron chi connectivity index (χ2n) is 5.46. The molecule has 1 heterocycles. The summed E-state index contributed by atoms with van der Waals surface area (Å²) in [5.74, 6) is 2.26. The number of thioether (sulfide) groups is 1. The zero-order chi connectivity index (χ0) is 13.7. The van der Waals surface area contributed by atoms with Crippen LogP contribution < -0.4 is 5.63 Å². The molecule has 2 aromatic rings. The number of aromatic hydroxyl groups is 1. The highest BCUT2D eigenvalue weighted by molar-refractivity contribution is 7.99. The standard InChI is InChI=1S/C16H14O3S/c17-13-12-7-10-3-1-2-4-11(10)14(12)19-16(18)15(13)20-8-9-5-6-9/h1-4,9,17H,5-8H2. The van der Waals surface area contributed by atoms with E-state index in [2.05, 4.69) is 0 Å². The molecule has 4 rings (SSSR count). The van der Waals surface area contributed by atoms with Crippen LogP contribution in [0.25, 0.3) is 11.3 Å². The Labute approximate surface area is 120 Å². The van der Waals surface area contributed by atoms with Crippen molar-refractivity contribution in [2.75, 3.05) is 5.75 Å². The molecule has 1 fully saturated rings. The van der Waals surface area contributed by atoms with Crippen LogP contribution in [0.4, 0.5) is 0 Å². The van der Waals surface area contributed by atoms with Crippen molar-refractivity contribution in [3.63, 3.8) is 0 Å². The molecule has 1 N–H and O–H groups in total. The smallest absolute Gasteiger partial charge is 0.353 e. The highest BCUT2D eigenvalue weighted by Crippen LogP contribution is 2.44. The van der Waals surface area contributed by atoms with E-state index in [4.69, 9.17) is 4.42 Å². The Morgan fingerprint density at radius 3 is 2.90 bits per heavy atom. The monoisotopic (exact) mass is 286 g/mol. The zero-order valence-corrected chi connectivity index (χ0v) is 11.7. The van der Waals surface area contributed by atoms with Crippen molar-refractivity contribution in [1.82, 2.24) is 0 Å². The number of rotatable bonds is 3. The second-order valence-corrected chi connectivity index (χ2v) is 6.49. The molecular formula is C16H14O3S. The Kier molecular flexibility index (Phi) is 2.67. The molecule has 3 nitrogen and oxygen atoms in total. The van der Waals surface area contributed by atoms with Crippen LogP contribution in [0.5, 0.6) is 5.75 Å². The van der Waals surface area contributed by atoms with Crippen molar-refractivity contribution in [2.24, 2.45) is 5.92 Å². The summed E-state index contributed by atoms with van der Waals surface area (Å²) >= 11 is 1.43. The first kappa shape index (κ1) is 12.1. The second kappa shape index (κ2) is 4.42. The van der Waals surface area contributed by atoms with Gasteiger partial charge in [-0.05, 0) is 24.3 Å². The number of hydrogen-bond donors (Lipinski definition) is 1. The van der Waals surface area contributed by atoms with Crippen LogP contribution in [0.1, 0.15) is 24.0 Å². The summed E-state index contributed by atoms with van der Waals surface area (Å²) < 4.78 is 5.47. The van der Waals surface area contributed by atoms with Gasteiger partial charge in [0.05, 0.1) is 0 Å². The molecule has 0 bridgehead atoms. The fraction of sp³-hybridized carbons (Fsp3) is 0.312. The van der Waals surface area contributed by atoms with Gasteiger partial charge < -0.3 is 9.52 Å². The van der Waals surface area contributed by atoms with E-state index in [9.17, 15) is 9.90 Å². The predicted molar refractivity (Wildman–Crippen MR) is 78.3 cm³/mol. The summed E-state index contributed by atoms with van der Waals surface area (Å²) in [6.45, 7) is 0. The molecule has 0 amide bonds. The van der Waals surface area contributed by atoms with Gasteiger partial charge in [-0.25, -0.2) is 4.79 Å². The minimum Gasteiger partial charge on any atom is -0.506 e. The molecule has 0 spiro atoms. The number of fused-ring (bicyclic) bond motifs is 3. The Bertz CT molecular complexity index is 744. The molecule has 1 saturated carbocycles. The van der Waals surface area contributed by atoms with E-state index in [1.165, 1.54) is 24.6 Å². The molecular weight excluding hydrogens is 272 g/mol. The maximum absolute atomic E-state index is 12.1. The molecule has 0 aliphatic heterocycles. The highest BCUT2D eigenvalue weighted by Gasteiger charge is 2.29. The van der Waals surface area contributed by atoms with E-state index in [0.717, 1.165) is 22.4 Å². The van der Waals surface area contributed by atoms with Crippen LogP contribution >= 0.6 is 11.8 Å². The quantitative estimate of drug-likeness (QED) is 0.750. The van der Waals surface area contributed by atoms with Gasteiger partial charge in [0.25, 0.3) is 0 Å². The van der Waals surface area contributed by atoms with Crippen molar-refractivity contribution in [2.45, 2.75) is 24.2 Å². The third kappa shape index (κ3) is 1.86.